The number of guanidine groups is 1. The Morgan fingerprint density at radius 2 is 1.93 bits per heavy atom. The number of halogens is 1. The Bertz CT molecular complexity index is 817. The van der Waals surface area contributed by atoms with E-state index < -0.39 is 0 Å². The number of carbonyl (C=O) groups excluding carboxylic acids is 1. The third kappa shape index (κ3) is 6.60. The minimum atomic E-state index is 0. The van der Waals surface area contributed by atoms with Crippen LogP contribution in [-0.2, 0) is 6.42 Å². The fraction of sp³-hybridized carbons (Fsp3) is 0.455. The minimum absolute atomic E-state index is 0. The molecule has 2 aromatic rings. The van der Waals surface area contributed by atoms with Crippen molar-refractivity contribution >= 4 is 52.2 Å². The Morgan fingerprint density at radius 1 is 1.17 bits per heavy atom. The van der Waals surface area contributed by atoms with E-state index in [1.54, 1.807) is 30.3 Å². The van der Waals surface area contributed by atoms with Gasteiger partial charge in [-0.25, -0.2) is 0 Å². The van der Waals surface area contributed by atoms with Crippen LogP contribution in [0.15, 0.2) is 46.8 Å². The summed E-state index contributed by atoms with van der Waals surface area (Å²) in [6.07, 6.45) is 0.818. The number of hydrogen-bond acceptors (Lipinski definition) is 4. The topological polar surface area (TPSA) is 51.2 Å². The summed E-state index contributed by atoms with van der Waals surface area (Å²) in [7, 11) is 3.56. The summed E-state index contributed by atoms with van der Waals surface area (Å²) in [4.78, 5) is 23.4. The van der Waals surface area contributed by atoms with Gasteiger partial charge in [0.25, 0.3) is 5.91 Å². The quantitative estimate of drug-likeness (QED) is 0.346. The Hall–Kier alpha value is -1.81. The lowest BCUT2D eigenvalue weighted by atomic mass is 10.1. The van der Waals surface area contributed by atoms with Crippen LogP contribution >= 0.6 is 35.3 Å². The highest BCUT2D eigenvalue weighted by atomic mass is 127. The van der Waals surface area contributed by atoms with Gasteiger partial charge in [-0.3, -0.25) is 9.79 Å². The number of carbonyl (C=O) groups is 1. The molecular weight excluding hydrogens is 509 g/mol. The first kappa shape index (κ1) is 24.5. The van der Waals surface area contributed by atoms with Gasteiger partial charge >= 0.3 is 0 Å². The van der Waals surface area contributed by atoms with Gasteiger partial charge in [0.1, 0.15) is 0 Å². The van der Waals surface area contributed by atoms with E-state index in [0.717, 1.165) is 56.2 Å². The summed E-state index contributed by atoms with van der Waals surface area (Å²) in [6, 6.07) is 12.2. The van der Waals surface area contributed by atoms with E-state index in [2.05, 4.69) is 45.6 Å². The average molecular weight is 542 g/mol. The number of nitrogens with zero attached hydrogens (tertiary/aromatic N) is 4. The van der Waals surface area contributed by atoms with Crippen LogP contribution in [0.2, 0.25) is 0 Å². The summed E-state index contributed by atoms with van der Waals surface area (Å²) >= 11 is 1.80. The second-order valence-corrected chi connectivity index (χ2v) is 8.24. The monoisotopic (exact) mass is 541 g/mol. The van der Waals surface area contributed by atoms with E-state index in [1.807, 2.05) is 18.2 Å². The number of nitrogens with one attached hydrogen (secondary N) is 1. The maximum Gasteiger partial charge on any atom is 0.253 e. The molecule has 1 saturated heterocycles. The number of benzene rings is 1. The van der Waals surface area contributed by atoms with Crippen LogP contribution in [0.3, 0.4) is 0 Å². The molecule has 164 valence electrons. The van der Waals surface area contributed by atoms with E-state index in [1.165, 1.54) is 5.00 Å². The van der Waals surface area contributed by atoms with Gasteiger partial charge in [0, 0.05) is 58.9 Å². The molecule has 3 rings (SSSR count). The van der Waals surface area contributed by atoms with Gasteiger partial charge in [-0.1, -0.05) is 12.1 Å². The molecule has 30 heavy (non-hydrogen) atoms. The maximum atomic E-state index is 12.2. The van der Waals surface area contributed by atoms with E-state index in [9.17, 15) is 4.79 Å². The highest BCUT2D eigenvalue weighted by Crippen LogP contribution is 2.22. The van der Waals surface area contributed by atoms with Crippen LogP contribution in [0.25, 0.3) is 0 Å². The molecule has 1 fully saturated rings. The Kier molecular flexibility index (Phi) is 9.90. The summed E-state index contributed by atoms with van der Waals surface area (Å²) in [5, 5.41) is 6.91. The van der Waals surface area contributed by atoms with Crippen molar-refractivity contribution in [2.75, 3.05) is 58.3 Å². The first-order valence-electron chi connectivity index (χ1n) is 10.2. The Balaban J connectivity index is 0.00000320. The summed E-state index contributed by atoms with van der Waals surface area (Å²) in [5.41, 5.74) is 1.87. The largest absolute Gasteiger partial charge is 0.360 e. The highest BCUT2D eigenvalue weighted by Gasteiger charge is 2.20. The van der Waals surface area contributed by atoms with Crippen molar-refractivity contribution in [2.45, 2.75) is 13.3 Å². The predicted octanol–water partition coefficient (Wildman–Crippen LogP) is 3.40. The minimum Gasteiger partial charge on any atom is -0.360 e. The Labute approximate surface area is 201 Å². The average Bonchev–Trinajstić information content (AvgIpc) is 3.28. The van der Waals surface area contributed by atoms with Crippen molar-refractivity contribution in [1.29, 1.82) is 0 Å². The standard InChI is InChI=1S/C22H31N5OS.HI/c1-4-23-22(27-14-12-26(13-15-27)20-9-6-16-29-20)24-11-10-18-7-5-8-19(17-18)21(28)25(2)3;/h5-9,16-17H,4,10-15H2,1-3H3,(H,23,24);1H. The molecule has 0 bridgehead atoms. The van der Waals surface area contributed by atoms with Crippen LogP contribution in [-0.4, -0.2) is 75.0 Å². The van der Waals surface area contributed by atoms with Crippen molar-refractivity contribution in [3.8, 4) is 0 Å². The van der Waals surface area contributed by atoms with Gasteiger partial charge in [-0.2, -0.15) is 0 Å². The fourth-order valence-corrected chi connectivity index (χ4v) is 4.21. The molecule has 1 amide bonds. The molecule has 1 aliphatic rings. The normalized spacial score (nSPS) is 14.3. The highest BCUT2D eigenvalue weighted by molar-refractivity contribution is 14.0. The number of rotatable bonds is 6. The molecule has 0 unspecified atom stereocenters. The summed E-state index contributed by atoms with van der Waals surface area (Å²) < 4.78 is 0. The van der Waals surface area contributed by atoms with E-state index >= 15 is 0 Å². The molecule has 2 heterocycles. The van der Waals surface area contributed by atoms with Crippen LogP contribution in [0.4, 0.5) is 5.00 Å². The predicted molar refractivity (Wildman–Crippen MR) is 138 cm³/mol. The number of hydrogen-bond donors (Lipinski definition) is 1. The van der Waals surface area contributed by atoms with E-state index in [4.69, 9.17) is 4.99 Å². The molecule has 1 N–H and O–H groups in total. The number of aliphatic imine (C=N–C) groups is 1. The zero-order valence-electron chi connectivity index (χ0n) is 18.0. The SMILES string of the molecule is CCNC(=NCCc1cccc(C(=O)N(C)C)c1)N1CCN(c2cccs2)CC1.I. The molecule has 0 aliphatic carbocycles. The molecule has 1 aromatic carbocycles. The van der Waals surface area contributed by atoms with Crippen molar-refractivity contribution in [2.24, 2.45) is 4.99 Å². The molecule has 0 radical (unpaired) electrons. The second-order valence-electron chi connectivity index (χ2n) is 7.31. The number of thiophene rings is 1. The van der Waals surface area contributed by atoms with E-state index in [0.29, 0.717) is 6.54 Å². The number of piperazine rings is 1. The molecule has 0 atom stereocenters. The number of anilines is 1. The fourth-order valence-electron chi connectivity index (χ4n) is 3.42. The smallest absolute Gasteiger partial charge is 0.253 e. The Morgan fingerprint density at radius 3 is 2.57 bits per heavy atom. The number of amides is 1. The zero-order chi connectivity index (χ0) is 20.6. The molecular formula is C22H32IN5OS. The lowest BCUT2D eigenvalue weighted by Gasteiger charge is -2.37. The summed E-state index contributed by atoms with van der Waals surface area (Å²) in [6.45, 7) is 7.63. The van der Waals surface area contributed by atoms with Gasteiger partial charge in [0.2, 0.25) is 0 Å². The van der Waals surface area contributed by atoms with E-state index in [-0.39, 0.29) is 29.9 Å². The van der Waals surface area contributed by atoms with Gasteiger partial charge in [-0.15, -0.1) is 35.3 Å². The first-order valence-corrected chi connectivity index (χ1v) is 11.1. The first-order chi connectivity index (χ1) is 14.1. The van der Waals surface area contributed by atoms with Crippen LogP contribution in [0.1, 0.15) is 22.8 Å². The molecule has 1 aromatic heterocycles. The van der Waals surface area contributed by atoms with Gasteiger partial charge in [0.05, 0.1) is 5.00 Å². The third-order valence-corrected chi connectivity index (χ3v) is 5.90. The molecule has 0 spiro atoms. The lowest BCUT2D eigenvalue weighted by molar-refractivity contribution is 0.0827. The van der Waals surface area contributed by atoms with Crippen LogP contribution in [0.5, 0.6) is 0 Å². The molecule has 8 heteroatoms. The lowest BCUT2D eigenvalue weighted by Crippen LogP contribution is -2.52. The van der Waals surface area contributed by atoms with Crippen LogP contribution in [0, 0.1) is 0 Å². The van der Waals surface area contributed by atoms with Gasteiger partial charge in [-0.05, 0) is 48.6 Å². The molecule has 0 saturated carbocycles. The van der Waals surface area contributed by atoms with Crippen molar-refractivity contribution in [1.82, 2.24) is 15.1 Å². The maximum absolute atomic E-state index is 12.2. The molecule has 6 nitrogen and oxygen atoms in total. The van der Waals surface area contributed by atoms with Gasteiger partial charge in [0.15, 0.2) is 5.96 Å². The van der Waals surface area contributed by atoms with Crippen molar-refractivity contribution < 1.29 is 4.79 Å². The van der Waals surface area contributed by atoms with Crippen molar-refractivity contribution in [3.05, 3.63) is 52.9 Å². The zero-order valence-corrected chi connectivity index (χ0v) is 21.2. The van der Waals surface area contributed by atoms with Crippen molar-refractivity contribution in [3.63, 3.8) is 0 Å². The van der Waals surface area contributed by atoms with Gasteiger partial charge < -0.3 is 20.0 Å². The van der Waals surface area contributed by atoms with Crippen LogP contribution < -0.4 is 10.2 Å². The molecule has 1 aliphatic heterocycles. The third-order valence-electron chi connectivity index (χ3n) is 4.97. The second kappa shape index (κ2) is 12.1. The summed E-state index contributed by atoms with van der Waals surface area (Å²) in [5.74, 6) is 1.02.